The Morgan fingerprint density at radius 1 is 1.44 bits per heavy atom. The molecule has 0 amide bonds. The van der Waals surface area contributed by atoms with Crippen molar-refractivity contribution in [2.45, 2.75) is 64.1 Å². The number of nitrogens with zero attached hydrogens (tertiary/aromatic N) is 2. The van der Waals surface area contributed by atoms with Crippen molar-refractivity contribution < 1.29 is 14.4 Å². The Hall–Kier alpha value is -0.940. The van der Waals surface area contributed by atoms with E-state index in [0.29, 0.717) is 18.1 Å². The van der Waals surface area contributed by atoms with Crippen LogP contribution >= 0.6 is 0 Å². The van der Waals surface area contributed by atoms with E-state index in [9.17, 15) is 5.11 Å². The lowest BCUT2D eigenvalue weighted by molar-refractivity contribution is -0.0770. The molecule has 18 heavy (non-hydrogen) atoms. The summed E-state index contributed by atoms with van der Waals surface area (Å²) < 4.78 is 11.0. The topological polar surface area (TPSA) is 68.4 Å². The van der Waals surface area contributed by atoms with Gasteiger partial charge in [-0.05, 0) is 32.6 Å². The minimum atomic E-state index is -0.421. The zero-order chi connectivity index (χ0) is 13.0. The second-order valence-corrected chi connectivity index (χ2v) is 5.19. The molecule has 1 aliphatic rings. The molecule has 0 aromatic carbocycles. The van der Waals surface area contributed by atoms with Crippen LogP contribution in [0.2, 0.25) is 0 Å². The fraction of sp³-hybridized carbons (Fsp3) is 0.846. The molecule has 0 saturated carbocycles. The van der Waals surface area contributed by atoms with Gasteiger partial charge in [-0.3, -0.25) is 0 Å². The summed E-state index contributed by atoms with van der Waals surface area (Å²) in [7, 11) is 0. The van der Waals surface area contributed by atoms with Gasteiger partial charge in [0, 0.05) is 6.61 Å². The minimum Gasteiger partial charge on any atom is -0.393 e. The van der Waals surface area contributed by atoms with Crippen LogP contribution in [0.1, 0.15) is 57.7 Å². The van der Waals surface area contributed by atoms with Gasteiger partial charge < -0.3 is 14.4 Å². The smallest absolute Gasteiger partial charge is 0.229 e. The Morgan fingerprint density at radius 3 is 2.94 bits per heavy atom. The van der Waals surface area contributed by atoms with Crippen molar-refractivity contribution >= 4 is 0 Å². The largest absolute Gasteiger partial charge is 0.393 e. The molecule has 2 heterocycles. The fourth-order valence-electron chi connectivity index (χ4n) is 2.30. The molecule has 1 aliphatic heterocycles. The maximum atomic E-state index is 9.73. The Labute approximate surface area is 108 Å². The van der Waals surface area contributed by atoms with E-state index in [2.05, 4.69) is 10.1 Å². The number of aromatic nitrogens is 2. The zero-order valence-corrected chi connectivity index (χ0v) is 11.2. The van der Waals surface area contributed by atoms with Gasteiger partial charge in [-0.2, -0.15) is 4.98 Å². The van der Waals surface area contributed by atoms with Crippen LogP contribution in [0.5, 0.6) is 0 Å². The third-order valence-corrected chi connectivity index (χ3v) is 3.44. The van der Waals surface area contributed by atoms with Crippen LogP contribution in [-0.4, -0.2) is 28.0 Å². The second-order valence-electron chi connectivity index (χ2n) is 5.19. The first kappa shape index (κ1) is 13.5. The molecular formula is C13H22N2O3. The lowest BCUT2D eigenvalue weighted by Crippen LogP contribution is -2.31. The van der Waals surface area contributed by atoms with Gasteiger partial charge in [0.15, 0.2) is 0 Å². The average molecular weight is 254 g/mol. The molecule has 102 valence electrons. The van der Waals surface area contributed by atoms with Gasteiger partial charge in [-0.15, -0.1) is 0 Å². The Morgan fingerprint density at radius 2 is 2.28 bits per heavy atom. The molecule has 5 heteroatoms. The van der Waals surface area contributed by atoms with E-state index < -0.39 is 11.7 Å². The quantitative estimate of drug-likeness (QED) is 0.872. The van der Waals surface area contributed by atoms with Crippen LogP contribution in [0, 0.1) is 0 Å². The summed E-state index contributed by atoms with van der Waals surface area (Å²) >= 11 is 0. The normalized spacial score (nSPS) is 26.2. The van der Waals surface area contributed by atoms with Gasteiger partial charge in [0.2, 0.25) is 11.7 Å². The van der Waals surface area contributed by atoms with E-state index >= 15 is 0 Å². The predicted octanol–water partition coefficient (Wildman–Crippen LogP) is 2.19. The van der Waals surface area contributed by atoms with Crippen LogP contribution in [-0.2, 0) is 16.8 Å². The number of ether oxygens (including phenoxy) is 1. The average Bonchev–Trinajstić information content (AvgIpc) is 2.79. The standard InChI is InChI=1S/C13H22N2O3/c1-3-6-10(16)9-11-14-12(15-18-11)13(2)7-4-5-8-17-13/h10,16H,3-9H2,1-2H3. The van der Waals surface area contributed by atoms with Gasteiger partial charge in [-0.1, -0.05) is 18.5 Å². The molecule has 1 aromatic rings. The van der Waals surface area contributed by atoms with Gasteiger partial charge in [-0.25, -0.2) is 0 Å². The van der Waals surface area contributed by atoms with Crippen molar-refractivity contribution in [1.29, 1.82) is 0 Å². The number of rotatable bonds is 5. The van der Waals surface area contributed by atoms with E-state index in [1.54, 1.807) is 0 Å². The second kappa shape index (κ2) is 5.80. The van der Waals surface area contributed by atoms with Crippen LogP contribution < -0.4 is 0 Å². The molecular weight excluding hydrogens is 232 g/mol. The molecule has 1 fully saturated rings. The summed E-state index contributed by atoms with van der Waals surface area (Å²) in [5.41, 5.74) is -0.421. The third kappa shape index (κ3) is 3.09. The molecule has 1 saturated heterocycles. The summed E-state index contributed by atoms with van der Waals surface area (Å²) in [5, 5.41) is 13.7. The first-order chi connectivity index (χ1) is 8.64. The highest BCUT2D eigenvalue weighted by Gasteiger charge is 2.35. The molecule has 1 aromatic heterocycles. The van der Waals surface area contributed by atoms with Crippen molar-refractivity contribution in [2.24, 2.45) is 0 Å². The van der Waals surface area contributed by atoms with Crippen LogP contribution in [0.4, 0.5) is 0 Å². The number of aliphatic hydroxyl groups excluding tert-OH is 1. The van der Waals surface area contributed by atoms with Crippen LogP contribution in [0.25, 0.3) is 0 Å². The summed E-state index contributed by atoms with van der Waals surface area (Å²) in [6, 6.07) is 0. The molecule has 2 rings (SSSR count). The van der Waals surface area contributed by atoms with Gasteiger partial charge in [0.25, 0.3) is 0 Å². The summed E-state index contributed by atoms with van der Waals surface area (Å²) in [6.07, 6.45) is 4.87. The lowest BCUT2D eigenvalue weighted by atomic mass is 9.95. The minimum absolute atomic E-state index is 0.400. The maximum absolute atomic E-state index is 9.73. The van der Waals surface area contributed by atoms with Crippen LogP contribution in [0.3, 0.4) is 0 Å². The number of hydrogen-bond acceptors (Lipinski definition) is 5. The lowest BCUT2D eigenvalue weighted by Gasteiger charge is -2.30. The van der Waals surface area contributed by atoms with Crippen molar-refractivity contribution in [3.8, 4) is 0 Å². The van der Waals surface area contributed by atoms with E-state index in [-0.39, 0.29) is 0 Å². The number of aliphatic hydroxyl groups is 1. The SMILES string of the molecule is CCCC(O)Cc1nc(C2(C)CCCCO2)no1. The Bertz CT molecular complexity index is 372. The fourth-order valence-corrected chi connectivity index (χ4v) is 2.30. The Kier molecular flexibility index (Phi) is 4.35. The van der Waals surface area contributed by atoms with Gasteiger partial charge in [0.1, 0.15) is 5.60 Å². The number of hydrogen-bond donors (Lipinski definition) is 1. The molecule has 2 atom stereocenters. The van der Waals surface area contributed by atoms with Crippen molar-refractivity contribution in [3.05, 3.63) is 11.7 Å². The molecule has 0 bridgehead atoms. The Balaban J connectivity index is 2.00. The van der Waals surface area contributed by atoms with Crippen molar-refractivity contribution in [1.82, 2.24) is 10.1 Å². The summed E-state index contributed by atoms with van der Waals surface area (Å²) in [5.74, 6) is 1.11. The highest BCUT2D eigenvalue weighted by Crippen LogP contribution is 2.32. The maximum Gasteiger partial charge on any atom is 0.229 e. The molecule has 2 unspecified atom stereocenters. The van der Waals surface area contributed by atoms with E-state index in [1.165, 1.54) is 0 Å². The van der Waals surface area contributed by atoms with Gasteiger partial charge >= 0.3 is 0 Å². The highest BCUT2D eigenvalue weighted by atomic mass is 16.5. The zero-order valence-electron chi connectivity index (χ0n) is 11.2. The molecule has 0 aliphatic carbocycles. The molecule has 0 radical (unpaired) electrons. The molecule has 5 nitrogen and oxygen atoms in total. The van der Waals surface area contributed by atoms with E-state index in [0.717, 1.165) is 38.7 Å². The summed E-state index contributed by atoms with van der Waals surface area (Å²) in [6.45, 7) is 4.79. The third-order valence-electron chi connectivity index (χ3n) is 3.44. The van der Waals surface area contributed by atoms with Crippen LogP contribution in [0.15, 0.2) is 4.52 Å². The first-order valence-electron chi connectivity index (χ1n) is 6.79. The monoisotopic (exact) mass is 254 g/mol. The highest BCUT2D eigenvalue weighted by molar-refractivity contribution is 5.01. The molecule has 1 N–H and O–H groups in total. The van der Waals surface area contributed by atoms with Gasteiger partial charge in [0.05, 0.1) is 12.5 Å². The van der Waals surface area contributed by atoms with E-state index in [1.807, 2.05) is 13.8 Å². The van der Waals surface area contributed by atoms with Crippen molar-refractivity contribution in [3.63, 3.8) is 0 Å². The predicted molar refractivity (Wildman–Crippen MR) is 66.1 cm³/mol. The molecule has 0 spiro atoms. The first-order valence-corrected chi connectivity index (χ1v) is 6.79. The van der Waals surface area contributed by atoms with Crippen molar-refractivity contribution in [2.75, 3.05) is 6.61 Å². The summed E-state index contributed by atoms with van der Waals surface area (Å²) in [4.78, 5) is 4.37. The van der Waals surface area contributed by atoms with E-state index in [4.69, 9.17) is 9.26 Å².